The van der Waals surface area contributed by atoms with Crippen molar-refractivity contribution in [3.05, 3.63) is 5.56 Å². The molecule has 7 heteroatoms. The fourth-order valence-corrected chi connectivity index (χ4v) is 1.79. The summed E-state index contributed by atoms with van der Waals surface area (Å²) in [4.78, 5) is 11.7. The van der Waals surface area contributed by atoms with Crippen LogP contribution < -0.4 is 18.9 Å². The van der Waals surface area contributed by atoms with Gasteiger partial charge in [-0.15, -0.1) is 0 Å². The van der Waals surface area contributed by atoms with Gasteiger partial charge in [0, 0.05) is 7.11 Å². The Balaban J connectivity index is 3.65. The van der Waals surface area contributed by atoms with Crippen LogP contribution in [0.1, 0.15) is 17.3 Å². The number of methoxy groups -OCH3 is 4. The number of phenolic OH excluding ortho intramolecular Hbond substituents is 1. The summed E-state index contributed by atoms with van der Waals surface area (Å²) in [7, 11) is 5.56. The Hall–Kier alpha value is -2.15. The second-order valence-electron chi connectivity index (χ2n) is 3.76. The van der Waals surface area contributed by atoms with Crippen LogP contribution in [-0.2, 0) is 4.74 Å². The number of ketones is 1. The standard InChI is InChI=1S/C13H18O7/c1-7(14)8-9(15)11(20-6-16-2)13(19-5)12(18-4)10(8)17-3/h15H,6H2,1-5H3. The molecule has 20 heavy (non-hydrogen) atoms. The molecule has 0 saturated heterocycles. The number of hydrogen-bond donors (Lipinski definition) is 1. The molecule has 0 unspecified atom stereocenters. The van der Waals surface area contributed by atoms with E-state index in [-0.39, 0.29) is 41.1 Å². The Bertz CT molecular complexity index is 496. The van der Waals surface area contributed by atoms with E-state index in [0.29, 0.717) is 0 Å². The highest BCUT2D eigenvalue weighted by Gasteiger charge is 2.29. The summed E-state index contributed by atoms with van der Waals surface area (Å²) in [6, 6.07) is 0. The van der Waals surface area contributed by atoms with Gasteiger partial charge in [-0.1, -0.05) is 0 Å². The smallest absolute Gasteiger partial charge is 0.211 e. The summed E-state index contributed by atoms with van der Waals surface area (Å²) in [6.45, 7) is 1.17. The number of ether oxygens (including phenoxy) is 5. The normalized spacial score (nSPS) is 10.1. The summed E-state index contributed by atoms with van der Waals surface area (Å²) in [5.41, 5.74) is -0.0451. The van der Waals surface area contributed by atoms with Gasteiger partial charge in [0.25, 0.3) is 0 Å². The molecule has 0 saturated carbocycles. The van der Waals surface area contributed by atoms with Gasteiger partial charge in [-0.2, -0.15) is 0 Å². The van der Waals surface area contributed by atoms with Crippen LogP contribution >= 0.6 is 0 Å². The molecular formula is C13H18O7. The first-order chi connectivity index (χ1) is 9.53. The molecule has 0 aliphatic carbocycles. The van der Waals surface area contributed by atoms with E-state index in [0.717, 1.165) is 0 Å². The van der Waals surface area contributed by atoms with E-state index in [1.165, 1.54) is 35.4 Å². The van der Waals surface area contributed by atoms with E-state index < -0.39 is 5.78 Å². The molecule has 0 bridgehead atoms. The molecule has 1 N–H and O–H groups in total. The van der Waals surface area contributed by atoms with Gasteiger partial charge in [0.2, 0.25) is 17.2 Å². The molecule has 0 amide bonds. The largest absolute Gasteiger partial charge is 0.504 e. The molecule has 0 atom stereocenters. The van der Waals surface area contributed by atoms with Crippen molar-refractivity contribution in [2.75, 3.05) is 35.2 Å². The Kier molecular flexibility index (Phi) is 5.45. The SMILES string of the molecule is COCOc1c(O)c(C(C)=O)c(OC)c(OC)c1OC. The number of aromatic hydroxyl groups is 1. The zero-order valence-corrected chi connectivity index (χ0v) is 12.1. The summed E-state index contributed by atoms with van der Waals surface area (Å²) in [5.74, 6) is -0.476. The first kappa shape index (κ1) is 15.9. The van der Waals surface area contributed by atoms with Crippen LogP contribution in [0.5, 0.6) is 28.7 Å². The van der Waals surface area contributed by atoms with Gasteiger partial charge in [0.05, 0.1) is 21.3 Å². The zero-order chi connectivity index (χ0) is 15.3. The van der Waals surface area contributed by atoms with Gasteiger partial charge in [-0.3, -0.25) is 4.79 Å². The molecule has 0 aliphatic heterocycles. The van der Waals surface area contributed by atoms with Gasteiger partial charge in [-0.25, -0.2) is 0 Å². The van der Waals surface area contributed by atoms with Gasteiger partial charge >= 0.3 is 0 Å². The van der Waals surface area contributed by atoms with E-state index >= 15 is 0 Å². The fourth-order valence-electron chi connectivity index (χ4n) is 1.79. The molecule has 7 nitrogen and oxygen atoms in total. The van der Waals surface area contributed by atoms with E-state index in [2.05, 4.69) is 0 Å². The lowest BCUT2D eigenvalue weighted by Gasteiger charge is -2.19. The van der Waals surface area contributed by atoms with Crippen molar-refractivity contribution in [1.82, 2.24) is 0 Å². The van der Waals surface area contributed by atoms with Crippen molar-refractivity contribution in [2.45, 2.75) is 6.92 Å². The van der Waals surface area contributed by atoms with Crippen molar-refractivity contribution in [3.8, 4) is 28.7 Å². The highest BCUT2D eigenvalue weighted by atomic mass is 16.7. The van der Waals surface area contributed by atoms with Crippen molar-refractivity contribution < 1.29 is 33.6 Å². The van der Waals surface area contributed by atoms with Crippen LogP contribution in [0.15, 0.2) is 0 Å². The number of hydrogen-bond acceptors (Lipinski definition) is 7. The highest BCUT2D eigenvalue weighted by molar-refractivity contribution is 6.02. The maximum Gasteiger partial charge on any atom is 0.211 e. The second-order valence-corrected chi connectivity index (χ2v) is 3.76. The van der Waals surface area contributed by atoms with E-state index in [1.807, 2.05) is 0 Å². The lowest BCUT2D eigenvalue weighted by atomic mass is 10.1. The molecule has 0 heterocycles. The van der Waals surface area contributed by atoms with Crippen molar-refractivity contribution >= 4 is 5.78 Å². The molecule has 0 fully saturated rings. The summed E-state index contributed by atoms with van der Waals surface area (Å²) in [6.07, 6.45) is 0. The summed E-state index contributed by atoms with van der Waals surface area (Å²) >= 11 is 0. The van der Waals surface area contributed by atoms with Crippen molar-refractivity contribution in [2.24, 2.45) is 0 Å². The number of rotatable bonds is 7. The molecule has 1 rings (SSSR count). The topological polar surface area (TPSA) is 83.5 Å². The van der Waals surface area contributed by atoms with Gasteiger partial charge in [-0.05, 0) is 6.92 Å². The molecule has 112 valence electrons. The van der Waals surface area contributed by atoms with Crippen molar-refractivity contribution in [1.29, 1.82) is 0 Å². The quantitative estimate of drug-likeness (QED) is 0.602. The van der Waals surface area contributed by atoms with E-state index in [1.54, 1.807) is 0 Å². The lowest BCUT2D eigenvalue weighted by molar-refractivity contribution is 0.0465. The van der Waals surface area contributed by atoms with E-state index in [4.69, 9.17) is 23.7 Å². The van der Waals surface area contributed by atoms with E-state index in [9.17, 15) is 9.90 Å². The minimum absolute atomic E-state index is 0.0443. The highest BCUT2D eigenvalue weighted by Crippen LogP contribution is 2.53. The zero-order valence-electron chi connectivity index (χ0n) is 12.1. The number of carbonyl (C=O) groups is 1. The fraction of sp³-hybridized carbons (Fsp3) is 0.462. The third-order valence-corrected chi connectivity index (χ3v) is 2.58. The van der Waals surface area contributed by atoms with Crippen LogP contribution in [0.25, 0.3) is 0 Å². The predicted molar refractivity (Wildman–Crippen MR) is 70.3 cm³/mol. The maximum atomic E-state index is 11.7. The number of phenols is 1. The van der Waals surface area contributed by atoms with Crippen LogP contribution in [0.3, 0.4) is 0 Å². The Labute approximate surface area is 117 Å². The first-order valence-corrected chi connectivity index (χ1v) is 5.70. The number of carbonyl (C=O) groups excluding carboxylic acids is 1. The molecule has 1 aromatic rings. The van der Waals surface area contributed by atoms with Crippen LogP contribution in [-0.4, -0.2) is 46.1 Å². The first-order valence-electron chi connectivity index (χ1n) is 5.70. The van der Waals surface area contributed by atoms with Gasteiger partial charge in [0.15, 0.2) is 24.1 Å². The third kappa shape index (κ3) is 2.72. The molecule has 1 aromatic carbocycles. The summed E-state index contributed by atoms with van der Waals surface area (Å²) in [5, 5.41) is 10.2. The predicted octanol–water partition coefficient (Wildman–Crippen LogP) is 1.60. The van der Waals surface area contributed by atoms with Crippen LogP contribution in [0.2, 0.25) is 0 Å². The number of benzene rings is 1. The Morgan fingerprint density at radius 3 is 1.85 bits per heavy atom. The molecule has 0 radical (unpaired) electrons. The van der Waals surface area contributed by atoms with Gasteiger partial charge < -0.3 is 28.8 Å². The van der Waals surface area contributed by atoms with Crippen LogP contribution in [0, 0.1) is 0 Å². The Morgan fingerprint density at radius 2 is 1.45 bits per heavy atom. The minimum atomic E-state index is -0.400. The second kappa shape index (κ2) is 6.85. The lowest BCUT2D eigenvalue weighted by Crippen LogP contribution is -2.07. The molecular weight excluding hydrogens is 268 g/mol. The molecule has 0 spiro atoms. The van der Waals surface area contributed by atoms with Crippen LogP contribution in [0.4, 0.5) is 0 Å². The molecule has 0 aliphatic rings. The summed E-state index contributed by atoms with van der Waals surface area (Å²) < 4.78 is 25.5. The van der Waals surface area contributed by atoms with Gasteiger partial charge in [0.1, 0.15) is 5.56 Å². The third-order valence-electron chi connectivity index (χ3n) is 2.58. The average Bonchev–Trinajstić information content (AvgIpc) is 2.43. The average molecular weight is 286 g/mol. The van der Waals surface area contributed by atoms with Crippen molar-refractivity contribution in [3.63, 3.8) is 0 Å². The monoisotopic (exact) mass is 286 g/mol. The number of Topliss-reactive ketones (excluding diaryl/α,β-unsaturated/α-hetero) is 1. The Morgan fingerprint density at radius 1 is 0.950 bits per heavy atom. The molecule has 0 aromatic heterocycles. The maximum absolute atomic E-state index is 11.7. The minimum Gasteiger partial charge on any atom is -0.504 e.